The first-order valence-corrected chi connectivity index (χ1v) is 9.27. The molecule has 0 saturated heterocycles. The number of hydrogen-bond acceptors (Lipinski definition) is 7. The third-order valence-electron chi connectivity index (χ3n) is 4.16. The number of amides is 2. The van der Waals surface area contributed by atoms with Crippen LogP contribution in [-0.4, -0.2) is 67.7 Å². The quantitative estimate of drug-likeness (QED) is 0.261. The summed E-state index contributed by atoms with van der Waals surface area (Å²) in [6, 6.07) is 0.0787. The molecule has 1 aromatic rings. The van der Waals surface area contributed by atoms with Gasteiger partial charge in [-0.2, -0.15) is 39.5 Å². The van der Waals surface area contributed by atoms with Crippen LogP contribution in [0.15, 0.2) is 24.3 Å². The topological polar surface area (TPSA) is 123 Å². The second-order valence-electron chi connectivity index (χ2n) is 6.66. The lowest BCUT2D eigenvalue weighted by molar-refractivity contribution is -0.305. The molecule has 0 bridgehead atoms. The van der Waals surface area contributed by atoms with Crippen molar-refractivity contribution in [2.45, 2.75) is 36.8 Å². The molecule has 0 saturated carbocycles. The van der Waals surface area contributed by atoms with Gasteiger partial charge in [-0.25, -0.2) is 14.4 Å². The molecule has 0 heterocycles. The van der Waals surface area contributed by atoms with Crippen LogP contribution in [0.5, 0.6) is 0 Å². The highest BCUT2D eigenvalue weighted by Crippen LogP contribution is 2.40. The van der Waals surface area contributed by atoms with Gasteiger partial charge >= 0.3 is 42.2 Å². The molecule has 1 rings (SSSR count). The van der Waals surface area contributed by atoms with Crippen molar-refractivity contribution < 1.29 is 73.2 Å². The Balaban J connectivity index is 3.28. The van der Waals surface area contributed by atoms with Gasteiger partial charge < -0.3 is 24.6 Å². The van der Waals surface area contributed by atoms with Crippen molar-refractivity contribution >= 4 is 23.7 Å². The molecule has 3 N–H and O–H groups in total. The predicted octanol–water partition coefficient (Wildman–Crippen LogP) is 3.13. The van der Waals surface area contributed by atoms with Crippen LogP contribution < -0.4 is 10.6 Å². The van der Waals surface area contributed by atoms with Crippen molar-refractivity contribution in [3.05, 3.63) is 29.8 Å². The summed E-state index contributed by atoms with van der Waals surface area (Å²) in [6.07, 6.45) is -16.9. The van der Waals surface area contributed by atoms with Crippen molar-refractivity contribution in [3.8, 4) is 0 Å². The lowest BCUT2D eigenvalue weighted by Crippen LogP contribution is -2.67. The molecule has 9 nitrogen and oxygen atoms in total. The first-order chi connectivity index (χ1) is 16.2. The van der Waals surface area contributed by atoms with Gasteiger partial charge in [-0.15, -0.1) is 0 Å². The Morgan fingerprint density at radius 1 is 0.889 bits per heavy atom. The molecule has 18 heteroatoms. The van der Waals surface area contributed by atoms with Crippen LogP contribution in [0.3, 0.4) is 0 Å². The molecule has 0 spiro atoms. The zero-order chi connectivity index (χ0) is 28.2. The summed E-state index contributed by atoms with van der Waals surface area (Å²) in [7, 11) is 0.552. The average molecular weight is 544 g/mol. The van der Waals surface area contributed by atoms with E-state index in [0.29, 0.717) is 31.4 Å². The van der Waals surface area contributed by atoms with Gasteiger partial charge in [-0.05, 0) is 19.1 Å². The first kappa shape index (κ1) is 30.8. The van der Waals surface area contributed by atoms with Crippen LogP contribution in [0, 0.1) is 0 Å². The Hall–Kier alpha value is -3.28. The summed E-state index contributed by atoms with van der Waals surface area (Å²) in [5.74, 6) is -4.57. The van der Waals surface area contributed by atoms with E-state index in [1.807, 2.05) is 0 Å². The predicted molar refractivity (Wildman–Crippen MR) is 98.0 cm³/mol. The zero-order valence-electron chi connectivity index (χ0n) is 18.0. The van der Waals surface area contributed by atoms with Crippen LogP contribution in [0.4, 0.5) is 50.0 Å². The number of ether oxygens (including phenoxy) is 3. The molecule has 2 amide bonds. The maximum absolute atomic E-state index is 13.6. The van der Waals surface area contributed by atoms with E-state index in [4.69, 9.17) is 0 Å². The molecular weight excluding hydrogens is 527 g/mol. The number of halogens is 9. The fourth-order valence-electron chi connectivity index (χ4n) is 2.50. The van der Waals surface area contributed by atoms with Gasteiger partial charge in [0.05, 0.1) is 13.7 Å². The summed E-state index contributed by atoms with van der Waals surface area (Å²) < 4.78 is 130. The van der Waals surface area contributed by atoms with Crippen molar-refractivity contribution in [1.29, 1.82) is 0 Å². The number of nitrogens with one attached hydrogen (secondary N) is 2. The van der Waals surface area contributed by atoms with Crippen LogP contribution in [0.25, 0.3) is 0 Å². The second-order valence-corrected chi connectivity index (χ2v) is 6.66. The summed E-state index contributed by atoms with van der Waals surface area (Å²) in [4.78, 5) is 35.5. The molecule has 36 heavy (non-hydrogen) atoms. The van der Waals surface area contributed by atoms with E-state index < -0.39 is 72.3 Å². The van der Waals surface area contributed by atoms with Crippen molar-refractivity contribution in [2.24, 2.45) is 0 Å². The molecule has 0 aliphatic rings. The molecule has 2 atom stereocenters. The number of hydrogen-bond donors (Lipinski definition) is 3. The van der Waals surface area contributed by atoms with Crippen LogP contribution in [0.2, 0.25) is 0 Å². The van der Waals surface area contributed by atoms with Gasteiger partial charge in [-0.3, -0.25) is 5.32 Å². The molecule has 0 aromatic heterocycles. The van der Waals surface area contributed by atoms with Crippen LogP contribution in [-0.2, 0) is 29.4 Å². The minimum absolute atomic E-state index is 0.447. The standard InChI is InChI=1S/C18H17F9N2O7/c1-3-35-12(31)16(18(25,26)27,36-8-14(19,20)21)29-13(32)28-10-6-4-9(5-7-10)15(33,11(30)34-2)17(22,23)24/h4-7,33H,3,8H2,1-2H3,(H2,28,29,32). The Kier molecular flexibility index (Phi) is 9.20. The average Bonchev–Trinajstić information content (AvgIpc) is 2.73. The highest BCUT2D eigenvalue weighted by Gasteiger charge is 2.66. The van der Waals surface area contributed by atoms with Gasteiger partial charge in [0.15, 0.2) is 0 Å². The van der Waals surface area contributed by atoms with E-state index in [-0.39, 0.29) is 0 Å². The lowest BCUT2D eigenvalue weighted by atomic mass is 9.93. The Bertz CT molecular complexity index is 948. The summed E-state index contributed by atoms with van der Waals surface area (Å²) in [5, 5.41) is 12.4. The first-order valence-electron chi connectivity index (χ1n) is 9.27. The maximum Gasteiger partial charge on any atom is 0.448 e. The molecular formula is C18H17F9N2O7. The number of methoxy groups -OCH3 is 1. The minimum atomic E-state index is -5.98. The number of carbonyl (C=O) groups excluding carboxylic acids is 3. The highest BCUT2D eigenvalue weighted by atomic mass is 19.4. The van der Waals surface area contributed by atoms with E-state index in [2.05, 4.69) is 14.2 Å². The van der Waals surface area contributed by atoms with Crippen LogP contribution >= 0.6 is 0 Å². The maximum atomic E-state index is 13.6. The van der Waals surface area contributed by atoms with E-state index in [1.54, 1.807) is 5.32 Å². The fraction of sp³-hybridized carbons (Fsp3) is 0.500. The number of aliphatic hydroxyl groups is 1. The summed E-state index contributed by atoms with van der Waals surface area (Å²) in [6.45, 7) is -2.37. The van der Waals surface area contributed by atoms with E-state index >= 15 is 0 Å². The number of esters is 2. The molecule has 0 aliphatic heterocycles. The molecule has 0 radical (unpaired) electrons. The number of urea groups is 1. The van der Waals surface area contributed by atoms with E-state index in [0.717, 1.165) is 12.2 Å². The third-order valence-corrected chi connectivity index (χ3v) is 4.16. The van der Waals surface area contributed by atoms with E-state index in [1.165, 1.54) is 0 Å². The molecule has 0 fully saturated rings. The normalized spacial score (nSPS) is 15.8. The molecule has 1 aromatic carbocycles. The third kappa shape index (κ3) is 6.68. The van der Waals surface area contributed by atoms with Crippen molar-refractivity contribution in [1.82, 2.24) is 5.32 Å². The van der Waals surface area contributed by atoms with Gasteiger partial charge in [0.1, 0.15) is 6.61 Å². The highest BCUT2D eigenvalue weighted by molar-refractivity contribution is 5.94. The molecule has 2 unspecified atom stereocenters. The van der Waals surface area contributed by atoms with Crippen molar-refractivity contribution in [2.75, 3.05) is 25.6 Å². The zero-order valence-corrected chi connectivity index (χ0v) is 18.0. The molecule has 204 valence electrons. The number of rotatable bonds is 8. The smallest absolute Gasteiger partial charge is 0.448 e. The molecule has 0 aliphatic carbocycles. The summed E-state index contributed by atoms with van der Waals surface area (Å²) >= 11 is 0. The monoisotopic (exact) mass is 544 g/mol. The van der Waals surface area contributed by atoms with Crippen LogP contribution in [0.1, 0.15) is 12.5 Å². The lowest BCUT2D eigenvalue weighted by Gasteiger charge is -2.33. The van der Waals surface area contributed by atoms with Gasteiger partial charge in [0.25, 0.3) is 5.60 Å². The SMILES string of the molecule is CCOC(=O)C(NC(=O)Nc1ccc(C(O)(C(=O)OC)C(F)(F)F)cc1)(OCC(F)(F)F)C(F)(F)F. The number of alkyl halides is 9. The Labute approximate surface area is 195 Å². The minimum Gasteiger partial charge on any atom is -0.466 e. The van der Waals surface area contributed by atoms with Gasteiger partial charge in [-0.1, -0.05) is 12.1 Å². The van der Waals surface area contributed by atoms with E-state index in [9.17, 15) is 59.0 Å². The largest absolute Gasteiger partial charge is 0.466 e. The number of carbonyl (C=O) groups is 3. The van der Waals surface area contributed by atoms with Crippen molar-refractivity contribution in [3.63, 3.8) is 0 Å². The number of anilines is 1. The Morgan fingerprint density at radius 2 is 1.42 bits per heavy atom. The second kappa shape index (κ2) is 10.8. The van der Waals surface area contributed by atoms with Gasteiger partial charge in [0.2, 0.25) is 0 Å². The van der Waals surface area contributed by atoms with Gasteiger partial charge in [0, 0.05) is 11.3 Å². The fourth-order valence-corrected chi connectivity index (χ4v) is 2.50. The Morgan fingerprint density at radius 3 is 1.81 bits per heavy atom. The summed E-state index contributed by atoms with van der Waals surface area (Å²) in [5.41, 5.74) is -10.5. The number of benzene rings is 1.